The van der Waals surface area contributed by atoms with Gasteiger partial charge in [-0.15, -0.1) is 0 Å². The van der Waals surface area contributed by atoms with Crippen LogP contribution in [0, 0.1) is 6.92 Å². The molecule has 0 saturated carbocycles. The normalized spacial score (nSPS) is 20.4. The molecule has 0 bridgehead atoms. The predicted octanol–water partition coefficient (Wildman–Crippen LogP) is 0.679. The monoisotopic (exact) mass is 244 g/mol. The highest BCUT2D eigenvalue weighted by Crippen LogP contribution is 2.38. The molecule has 2 N–H and O–H groups in total. The highest BCUT2D eigenvalue weighted by atomic mass is 32.2. The maximum atomic E-state index is 14.3. The molecule has 0 radical (unpaired) electrons. The molecule has 1 aromatic carbocycles. The minimum absolute atomic E-state index is 0.198. The molecule has 0 atom stereocenters. The summed E-state index contributed by atoms with van der Waals surface area (Å²) >= 11 is 0. The standard InChI is InChI=1S/C10H13FN2O2S/c1-8-4-2-3-5-9(8)10(11)6-13(7-10)16(12,14)15/h2-5H,6-7H2,1H3,(H2,12,14,15). The molecule has 6 heteroatoms. The molecule has 0 aliphatic carbocycles. The van der Waals surface area contributed by atoms with Gasteiger partial charge >= 0.3 is 0 Å². The molecule has 0 unspecified atom stereocenters. The molecule has 88 valence electrons. The Bertz CT molecular complexity index is 509. The van der Waals surface area contributed by atoms with Crippen LogP contribution in [-0.4, -0.2) is 25.8 Å². The van der Waals surface area contributed by atoms with E-state index in [2.05, 4.69) is 0 Å². The first-order valence-corrected chi connectivity index (χ1v) is 6.36. The zero-order valence-corrected chi connectivity index (χ0v) is 9.67. The summed E-state index contributed by atoms with van der Waals surface area (Å²) in [6.45, 7) is 1.41. The second-order valence-electron chi connectivity index (χ2n) is 4.09. The number of halogens is 1. The lowest BCUT2D eigenvalue weighted by Gasteiger charge is -2.43. The molecule has 4 nitrogen and oxygen atoms in total. The van der Waals surface area contributed by atoms with Crippen LogP contribution in [0.4, 0.5) is 4.39 Å². The van der Waals surface area contributed by atoms with Crippen molar-refractivity contribution < 1.29 is 12.8 Å². The average Bonchev–Trinajstić information content (AvgIpc) is 2.12. The largest absolute Gasteiger partial charge is 0.277 e. The summed E-state index contributed by atoms with van der Waals surface area (Å²) in [5.41, 5.74) is -0.244. The molecule has 1 fully saturated rings. The molecule has 1 heterocycles. The molecule has 0 spiro atoms. The van der Waals surface area contributed by atoms with Gasteiger partial charge in [0.2, 0.25) is 0 Å². The number of hydrogen-bond donors (Lipinski definition) is 1. The summed E-state index contributed by atoms with van der Waals surface area (Å²) in [6.07, 6.45) is 0. The van der Waals surface area contributed by atoms with E-state index in [1.54, 1.807) is 25.1 Å². The maximum absolute atomic E-state index is 14.3. The molecular formula is C10H13FN2O2S. The van der Waals surface area contributed by atoms with E-state index in [1.165, 1.54) is 0 Å². The average molecular weight is 244 g/mol. The second kappa shape index (κ2) is 3.51. The molecule has 1 aliphatic heterocycles. The van der Waals surface area contributed by atoms with E-state index in [9.17, 15) is 12.8 Å². The third kappa shape index (κ3) is 1.83. The number of benzene rings is 1. The van der Waals surface area contributed by atoms with Crippen LogP contribution >= 0.6 is 0 Å². The third-order valence-electron chi connectivity index (χ3n) is 2.84. The topological polar surface area (TPSA) is 63.4 Å². The zero-order chi connectivity index (χ0) is 12.0. The first-order chi connectivity index (χ1) is 7.33. The van der Waals surface area contributed by atoms with E-state index in [0.717, 1.165) is 9.87 Å². The lowest BCUT2D eigenvalue weighted by Crippen LogP contribution is -2.60. The van der Waals surface area contributed by atoms with Crippen LogP contribution in [0.3, 0.4) is 0 Å². The van der Waals surface area contributed by atoms with Gasteiger partial charge in [-0.25, -0.2) is 9.53 Å². The van der Waals surface area contributed by atoms with Crippen molar-refractivity contribution in [2.24, 2.45) is 5.14 Å². The number of nitrogens with zero attached hydrogens (tertiary/aromatic N) is 1. The van der Waals surface area contributed by atoms with Crippen LogP contribution in [0.5, 0.6) is 0 Å². The first-order valence-electron chi connectivity index (χ1n) is 4.86. The quantitative estimate of drug-likeness (QED) is 0.831. The number of aryl methyl sites for hydroxylation is 1. The zero-order valence-electron chi connectivity index (χ0n) is 8.85. The number of alkyl halides is 1. The van der Waals surface area contributed by atoms with Gasteiger partial charge < -0.3 is 0 Å². The molecule has 1 saturated heterocycles. The van der Waals surface area contributed by atoms with Gasteiger partial charge in [-0.3, -0.25) is 0 Å². The van der Waals surface area contributed by atoms with E-state index in [1.807, 2.05) is 6.07 Å². The van der Waals surface area contributed by atoms with Crippen molar-refractivity contribution in [1.82, 2.24) is 4.31 Å². The Morgan fingerprint density at radius 3 is 2.44 bits per heavy atom. The summed E-state index contributed by atoms with van der Waals surface area (Å²) in [4.78, 5) is 0. The van der Waals surface area contributed by atoms with Crippen LogP contribution in [-0.2, 0) is 15.9 Å². The van der Waals surface area contributed by atoms with Crippen molar-refractivity contribution in [2.75, 3.05) is 13.1 Å². The summed E-state index contributed by atoms with van der Waals surface area (Å²) in [7, 11) is -3.76. The Hall–Kier alpha value is -0.980. The van der Waals surface area contributed by atoms with Gasteiger partial charge in [-0.2, -0.15) is 12.7 Å². The summed E-state index contributed by atoms with van der Waals surface area (Å²) in [5, 5.41) is 4.91. The number of hydrogen-bond acceptors (Lipinski definition) is 2. The number of nitrogens with two attached hydrogens (primary N) is 1. The van der Waals surface area contributed by atoms with E-state index >= 15 is 0 Å². The van der Waals surface area contributed by atoms with E-state index in [0.29, 0.717) is 5.56 Å². The molecule has 16 heavy (non-hydrogen) atoms. The lowest BCUT2D eigenvalue weighted by molar-refractivity contribution is 0.0174. The fourth-order valence-corrected chi connectivity index (χ4v) is 2.71. The molecular weight excluding hydrogens is 231 g/mol. The van der Waals surface area contributed by atoms with E-state index in [4.69, 9.17) is 5.14 Å². The highest BCUT2D eigenvalue weighted by Gasteiger charge is 2.49. The fourth-order valence-electron chi connectivity index (χ4n) is 1.94. The Morgan fingerprint density at radius 1 is 1.38 bits per heavy atom. The molecule has 1 aromatic rings. The van der Waals surface area contributed by atoms with Crippen LogP contribution in [0.1, 0.15) is 11.1 Å². The Kier molecular flexibility index (Phi) is 2.52. The highest BCUT2D eigenvalue weighted by molar-refractivity contribution is 7.86. The van der Waals surface area contributed by atoms with Crippen molar-refractivity contribution in [3.63, 3.8) is 0 Å². The van der Waals surface area contributed by atoms with Gasteiger partial charge in [0.1, 0.15) is 0 Å². The van der Waals surface area contributed by atoms with Crippen molar-refractivity contribution in [3.8, 4) is 0 Å². The maximum Gasteiger partial charge on any atom is 0.277 e. The van der Waals surface area contributed by atoms with Gasteiger partial charge in [0, 0.05) is 0 Å². The molecule has 1 aliphatic rings. The van der Waals surface area contributed by atoms with Crippen molar-refractivity contribution >= 4 is 10.2 Å². The molecule has 0 aromatic heterocycles. The summed E-state index contributed by atoms with van der Waals surface area (Å²) < 4.78 is 37.2. The molecule has 2 rings (SSSR count). The first kappa shape index (κ1) is 11.5. The van der Waals surface area contributed by atoms with Crippen molar-refractivity contribution in [3.05, 3.63) is 35.4 Å². The third-order valence-corrected chi connectivity index (χ3v) is 3.82. The fraction of sp³-hybridized carbons (Fsp3) is 0.400. The molecule has 0 amide bonds. The van der Waals surface area contributed by atoms with Crippen molar-refractivity contribution in [1.29, 1.82) is 0 Å². The van der Waals surface area contributed by atoms with Gasteiger partial charge in [-0.05, 0) is 18.1 Å². The summed E-state index contributed by atoms with van der Waals surface area (Å²) in [6, 6.07) is 7.04. The van der Waals surface area contributed by atoms with Crippen LogP contribution in [0.15, 0.2) is 24.3 Å². The van der Waals surface area contributed by atoms with Gasteiger partial charge in [0.05, 0.1) is 13.1 Å². The smallest absolute Gasteiger partial charge is 0.236 e. The van der Waals surface area contributed by atoms with Crippen LogP contribution < -0.4 is 5.14 Å². The van der Waals surface area contributed by atoms with Gasteiger partial charge in [0.15, 0.2) is 5.67 Å². The number of rotatable bonds is 2. The Labute approximate surface area is 94.0 Å². The van der Waals surface area contributed by atoms with Crippen LogP contribution in [0.25, 0.3) is 0 Å². The van der Waals surface area contributed by atoms with E-state index < -0.39 is 15.9 Å². The van der Waals surface area contributed by atoms with E-state index in [-0.39, 0.29) is 13.1 Å². The van der Waals surface area contributed by atoms with Gasteiger partial charge in [-0.1, -0.05) is 24.3 Å². The SMILES string of the molecule is Cc1ccccc1C1(F)CN(S(N)(=O)=O)C1. The lowest BCUT2D eigenvalue weighted by atomic mass is 9.87. The van der Waals surface area contributed by atoms with Gasteiger partial charge in [0.25, 0.3) is 10.2 Å². The Balaban J connectivity index is 2.24. The van der Waals surface area contributed by atoms with Crippen LogP contribution in [0.2, 0.25) is 0 Å². The minimum Gasteiger partial charge on any atom is -0.236 e. The Morgan fingerprint density at radius 2 is 1.94 bits per heavy atom. The van der Waals surface area contributed by atoms with Crippen molar-refractivity contribution in [2.45, 2.75) is 12.6 Å². The minimum atomic E-state index is -3.76. The predicted molar refractivity (Wildman–Crippen MR) is 58.6 cm³/mol. The summed E-state index contributed by atoms with van der Waals surface area (Å²) in [5.74, 6) is 0. The second-order valence-corrected chi connectivity index (χ2v) is 5.64.